The molecule has 3 rings (SSSR count). The number of amides is 1. The van der Waals surface area contributed by atoms with Crippen LogP contribution in [0.5, 0.6) is 0 Å². The molecule has 1 unspecified atom stereocenters. The van der Waals surface area contributed by atoms with Gasteiger partial charge in [0.2, 0.25) is 0 Å². The number of aliphatic hydroxyl groups excluding tert-OH is 1. The van der Waals surface area contributed by atoms with Gasteiger partial charge in [0, 0.05) is 17.7 Å². The van der Waals surface area contributed by atoms with Crippen LogP contribution in [-0.2, 0) is 4.74 Å². The van der Waals surface area contributed by atoms with E-state index in [0.29, 0.717) is 16.6 Å². The normalized spacial score (nSPS) is 24.1. The first-order valence-corrected chi connectivity index (χ1v) is 12.4. The van der Waals surface area contributed by atoms with Crippen molar-refractivity contribution in [1.29, 1.82) is 0 Å². The Bertz CT molecular complexity index is 777. The van der Waals surface area contributed by atoms with Crippen molar-refractivity contribution in [1.82, 2.24) is 9.88 Å². The van der Waals surface area contributed by atoms with Gasteiger partial charge in [-0.2, -0.15) is 0 Å². The van der Waals surface area contributed by atoms with E-state index in [1.54, 1.807) is 4.90 Å². The fourth-order valence-corrected chi connectivity index (χ4v) is 5.91. The molecule has 2 N–H and O–H groups in total. The monoisotopic (exact) mass is 454 g/mol. The largest absolute Gasteiger partial charge is 0.476 e. The molecule has 1 amide bonds. The van der Waals surface area contributed by atoms with Crippen LogP contribution in [0.3, 0.4) is 0 Å². The number of aliphatic hydroxyl groups is 1. The average Bonchev–Trinajstić information content (AvgIpc) is 3.24. The van der Waals surface area contributed by atoms with Gasteiger partial charge in [-0.15, -0.1) is 11.3 Å². The lowest BCUT2D eigenvalue weighted by Crippen LogP contribution is -2.41. The molecule has 166 valence electrons. The fourth-order valence-electron chi connectivity index (χ4n) is 4.10. The summed E-state index contributed by atoms with van der Waals surface area (Å²) >= 11 is 2.71. The Labute approximate surface area is 185 Å². The standard InChI is InChI=1S/C21H30N2O5S2/c1-3-4-8-21(9-5-10-21)17(24)7-6-16-14(2)28-20(27)23(16)11-12-29-19-22-15(13-30-19)18(25)26/h6-7,13-14,16-17,24H,3-5,8-12H2,1-2H3,(H,25,26)/t14-,16-,17?/m0/s1. The number of cyclic esters (lactones) is 1. The van der Waals surface area contributed by atoms with Crippen LogP contribution >= 0.6 is 23.1 Å². The molecule has 9 heteroatoms. The van der Waals surface area contributed by atoms with Crippen molar-refractivity contribution in [3.05, 3.63) is 23.2 Å². The quantitative estimate of drug-likeness (QED) is 0.377. The number of carbonyl (C=O) groups is 2. The molecule has 2 fully saturated rings. The molecule has 0 bridgehead atoms. The fraction of sp³-hybridized carbons (Fsp3) is 0.667. The van der Waals surface area contributed by atoms with E-state index in [4.69, 9.17) is 9.84 Å². The predicted octanol–water partition coefficient (Wildman–Crippen LogP) is 4.42. The summed E-state index contributed by atoms with van der Waals surface area (Å²) in [7, 11) is 0. The van der Waals surface area contributed by atoms with Gasteiger partial charge in [0.1, 0.15) is 6.10 Å². The second kappa shape index (κ2) is 10.2. The maximum atomic E-state index is 12.3. The van der Waals surface area contributed by atoms with Crippen LogP contribution in [0, 0.1) is 5.41 Å². The van der Waals surface area contributed by atoms with E-state index < -0.39 is 12.1 Å². The van der Waals surface area contributed by atoms with E-state index >= 15 is 0 Å². The number of thiazole rings is 1. The van der Waals surface area contributed by atoms with Crippen molar-refractivity contribution in [3.63, 3.8) is 0 Å². The Balaban J connectivity index is 1.57. The number of carboxylic acid groups (broad SMARTS) is 1. The lowest BCUT2D eigenvalue weighted by Gasteiger charge is -2.45. The number of thioether (sulfide) groups is 1. The summed E-state index contributed by atoms with van der Waals surface area (Å²) in [6, 6.07) is -0.220. The van der Waals surface area contributed by atoms with E-state index in [0.717, 1.165) is 32.1 Å². The minimum absolute atomic E-state index is 0.00735. The Kier molecular flexibility index (Phi) is 7.81. The van der Waals surface area contributed by atoms with Crippen molar-refractivity contribution in [2.24, 2.45) is 5.41 Å². The van der Waals surface area contributed by atoms with E-state index in [1.165, 1.54) is 34.9 Å². The number of nitrogens with zero attached hydrogens (tertiary/aromatic N) is 2. The van der Waals surface area contributed by atoms with Gasteiger partial charge in [0.15, 0.2) is 10.0 Å². The molecule has 1 aromatic rings. The van der Waals surface area contributed by atoms with Crippen molar-refractivity contribution in [2.45, 2.75) is 75.0 Å². The van der Waals surface area contributed by atoms with E-state index in [-0.39, 0.29) is 29.3 Å². The summed E-state index contributed by atoms with van der Waals surface area (Å²) < 4.78 is 6.07. The van der Waals surface area contributed by atoms with E-state index in [2.05, 4.69) is 11.9 Å². The van der Waals surface area contributed by atoms with Crippen molar-refractivity contribution >= 4 is 35.2 Å². The first-order valence-electron chi connectivity index (χ1n) is 10.5. The zero-order valence-electron chi connectivity index (χ0n) is 17.5. The third kappa shape index (κ3) is 5.18. The van der Waals surface area contributed by atoms with Crippen LogP contribution in [0.1, 0.15) is 62.9 Å². The van der Waals surface area contributed by atoms with E-state index in [9.17, 15) is 14.7 Å². The molecule has 0 spiro atoms. The third-order valence-corrected chi connectivity index (χ3v) is 8.12. The third-order valence-electron chi connectivity index (χ3n) is 6.12. The molecule has 1 aliphatic heterocycles. The number of carbonyl (C=O) groups excluding carboxylic acids is 1. The molecule has 2 aliphatic rings. The molecule has 2 heterocycles. The van der Waals surface area contributed by atoms with Gasteiger partial charge in [-0.3, -0.25) is 4.90 Å². The SMILES string of the molecule is CCCCC1(C(O)C=C[C@H]2[C@H](C)OC(=O)N2CCSc2nc(C(=O)O)cs2)CCC1. The molecular weight excluding hydrogens is 424 g/mol. The second-order valence-electron chi connectivity index (χ2n) is 8.07. The highest BCUT2D eigenvalue weighted by molar-refractivity contribution is 8.01. The zero-order valence-corrected chi connectivity index (χ0v) is 19.1. The smallest absolute Gasteiger partial charge is 0.410 e. The molecular formula is C21H30N2O5S2. The number of hydrogen-bond acceptors (Lipinski definition) is 7. The Morgan fingerprint density at radius 1 is 1.53 bits per heavy atom. The number of ether oxygens (including phenoxy) is 1. The van der Waals surface area contributed by atoms with Crippen LogP contribution in [0.15, 0.2) is 21.9 Å². The number of rotatable bonds is 11. The van der Waals surface area contributed by atoms with Gasteiger partial charge in [-0.05, 0) is 31.6 Å². The maximum Gasteiger partial charge on any atom is 0.410 e. The van der Waals surface area contributed by atoms with Gasteiger partial charge in [-0.1, -0.05) is 50.1 Å². The Morgan fingerprint density at radius 3 is 2.90 bits per heavy atom. The van der Waals surface area contributed by atoms with Crippen molar-refractivity contribution in [2.75, 3.05) is 12.3 Å². The first-order chi connectivity index (χ1) is 14.4. The summed E-state index contributed by atoms with van der Waals surface area (Å²) in [5.74, 6) is -0.455. The second-order valence-corrected chi connectivity index (χ2v) is 10.3. The molecule has 1 saturated carbocycles. The number of unbranched alkanes of at least 4 members (excludes halogenated alkanes) is 1. The summed E-state index contributed by atoms with van der Waals surface area (Å²) in [6.07, 6.45) is 9.20. The summed E-state index contributed by atoms with van der Waals surface area (Å²) in [5.41, 5.74) is 0.0339. The highest BCUT2D eigenvalue weighted by Crippen LogP contribution is 2.48. The molecule has 1 saturated heterocycles. The summed E-state index contributed by atoms with van der Waals surface area (Å²) in [4.78, 5) is 29.0. The van der Waals surface area contributed by atoms with Gasteiger partial charge >= 0.3 is 12.1 Å². The minimum Gasteiger partial charge on any atom is -0.476 e. The molecule has 30 heavy (non-hydrogen) atoms. The predicted molar refractivity (Wildman–Crippen MR) is 117 cm³/mol. The van der Waals surface area contributed by atoms with Crippen LogP contribution in [-0.4, -0.2) is 62.7 Å². The first kappa shape index (κ1) is 23.1. The molecule has 3 atom stereocenters. The average molecular weight is 455 g/mol. The number of carboxylic acids is 1. The molecule has 1 aromatic heterocycles. The highest BCUT2D eigenvalue weighted by Gasteiger charge is 2.42. The zero-order chi connectivity index (χ0) is 21.7. The Hall–Kier alpha value is -1.58. The van der Waals surface area contributed by atoms with Crippen molar-refractivity contribution < 1.29 is 24.5 Å². The van der Waals surface area contributed by atoms with Gasteiger partial charge in [-0.25, -0.2) is 14.6 Å². The molecule has 7 nitrogen and oxygen atoms in total. The van der Waals surface area contributed by atoms with E-state index in [1.807, 2.05) is 19.1 Å². The maximum absolute atomic E-state index is 12.3. The topological polar surface area (TPSA) is 100.0 Å². The minimum atomic E-state index is -1.04. The van der Waals surface area contributed by atoms with Crippen LogP contribution in [0.25, 0.3) is 0 Å². The number of aromatic nitrogens is 1. The molecule has 0 radical (unpaired) electrons. The molecule has 0 aromatic carbocycles. The number of hydrogen-bond donors (Lipinski definition) is 2. The molecule has 1 aliphatic carbocycles. The van der Waals surface area contributed by atoms with Crippen LogP contribution in [0.2, 0.25) is 0 Å². The van der Waals surface area contributed by atoms with Gasteiger partial charge in [0.05, 0.1) is 12.1 Å². The Morgan fingerprint density at radius 2 is 2.30 bits per heavy atom. The lowest BCUT2D eigenvalue weighted by atomic mass is 9.62. The summed E-state index contributed by atoms with van der Waals surface area (Å²) in [5, 5.41) is 21.3. The number of aromatic carboxylic acids is 1. The highest BCUT2D eigenvalue weighted by atomic mass is 32.2. The van der Waals surface area contributed by atoms with Gasteiger partial charge < -0.3 is 14.9 Å². The van der Waals surface area contributed by atoms with Crippen LogP contribution in [0.4, 0.5) is 4.79 Å². The van der Waals surface area contributed by atoms with Crippen molar-refractivity contribution in [3.8, 4) is 0 Å². The van der Waals surface area contributed by atoms with Crippen LogP contribution < -0.4 is 0 Å². The summed E-state index contributed by atoms with van der Waals surface area (Å²) in [6.45, 7) is 4.49. The lowest BCUT2D eigenvalue weighted by molar-refractivity contribution is -0.0143. The van der Waals surface area contributed by atoms with Gasteiger partial charge in [0.25, 0.3) is 0 Å².